The number of halogens is 5. The first kappa shape index (κ1) is 22.0. The van der Waals surface area contributed by atoms with Crippen LogP contribution >= 0.6 is 0 Å². The fourth-order valence-electron chi connectivity index (χ4n) is 3.30. The molecule has 0 bridgehead atoms. The number of hydrogen-bond acceptors (Lipinski definition) is 4. The molecule has 0 aliphatic carbocycles. The number of nitriles is 1. The smallest absolute Gasteiger partial charge is 0.360 e. The quantitative estimate of drug-likeness (QED) is 0.677. The molecule has 1 atom stereocenters. The average molecular weight is 456 g/mol. The van der Waals surface area contributed by atoms with Gasteiger partial charge in [-0.2, -0.15) is 23.5 Å². The molecule has 33 heavy (non-hydrogen) atoms. The minimum absolute atomic E-state index is 0.0134. The summed E-state index contributed by atoms with van der Waals surface area (Å²) in [4.78, 5) is 12.7. The van der Waals surface area contributed by atoms with Gasteiger partial charge in [-0.3, -0.25) is 4.79 Å². The summed E-state index contributed by atoms with van der Waals surface area (Å²) >= 11 is 0. The summed E-state index contributed by atoms with van der Waals surface area (Å²) in [5, 5.41) is 15.9. The zero-order valence-corrected chi connectivity index (χ0v) is 16.6. The molecule has 1 N–H and O–H groups in total. The van der Waals surface area contributed by atoms with Gasteiger partial charge in [0.1, 0.15) is 17.8 Å². The van der Waals surface area contributed by atoms with Crippen molar-refractivity contribution in [1.29, 1.82) is 5.26 Å². The molecule has 0 saturated heterocycles. The van der Waals surface area contributed by atoms with E-state index in [2.05, 4.69) is 10.4 Å². The SMILES string of the molecule is N#Cc1ccc(C2=CC(=O)N3/N=C(C(F)(F)F)\C=C/C(c4ccc(F)cc4F)=CC3N2)cc1. The molecule has 2 aromatic rings. The summed E-state index contributed by atoms with van der Waals surface area (Å²) in [6.45, 7) is 0. The normalized spacial score (nSPS) is 20.7. The first-order chi connectivity index (χ1) is 15.7. The van der Waals surface area contributed by atoms with Gasteiger partial charge in [0.2, 0.25) is 0 Å². The van der Waals surface area contributed by atoms with Crippen LogP contribution in [0, 0.1) is 23.0 Å². The van der Waals surface area contributed by atoms with E-state index in [0.29, 0.717) is 28.3 Å². The largest absolute Gasteiger partial charge is 0.435 e. The first-order valence-corrected chi connectivity index (χ1v) is 9.49. The van der Waals surface area contributed by atoms with Gasteiger partial charge in [-0.25, -0.2) is 13.8 Å². The molecule has 10 heteroatoms. The Kier molecular flexibility index (Phi) is 5.55. The van der Waals surface area contributed by atoms with Crippen molar-refractivity contribution in [3.8, 4) is 6.07 Å². The van der Waals surface area contributed by atoms with Crippen LogP contribution in [0.15, 0.2) is 71.9 Å². The van der Waals surface area contributed by atoms with Crippen LogP contribution in [0.25, 0.3) is 11.3 Å². The Balaban J connectivity index is 1.83. The number of hydrazone groups is 1. The summed E-state index contributed by atoms with van der Waals surface area (Å²) in [6.07, 6.45) is -2.08. The molecular formula is C23H13F5N4O. The molecule has 1 unspecified atom stereocenters. The number of fused-ring (bicyclic) bond motifs is 1. The molecule has 0 saturated carbocycles. The topological polar surface area (TPSA) is 68.5 Å². The van der Waals surface area contributed by atoms with Gasteiger partial charge in [-0.15, -0.1) is 0 Å². The molecule has 1 amide bonds. The predicted molar refractivity (Wildman–Crippen MR) is 110 cm³/mol. The van der Waals surface area contributed by atoms with Gasteiger partial charge in [0.05, 0.1) is 11.6 Å². The van der Waals surface area contributed by atoms with E-state index in [4.69, 9.17) is 5.26 Å². The Morgan fingerprint density at radius 2 is 1.79 bits per heavy atom. The number of nitrogens with one attached hydrogen (secondary N) is 1. The summed E-state index contributed by atoms with van der Waals surface area (Å²) in [7, 11) is 0. The van der Waals surface area contributed by atoms with Crippen molar-refractivity contribution in [3.63, 3.8) is 0 Å². The third kappa shape index (κ3) is 4.52. The van der Waals surface area contributed by atoms with E-state index in [0.717, 1.165) is 24.3 Å². The maximum atomic E-state index is 14.4. The average Bonchev–Trinajstić information content (AvgIpc) is 2.74. The fourth-order valence-corrected chi connectivity index (χ4v) is 3.30. The summed E-state index contributed by atoms with van der Waals surface area (Å²) in [5.41, 5.74) is -0.379. The van der Waals surface area contributed by atoms with E-state index >= 15 is 0 Å². The number of allylic oxidation sites excluding steroid dienone is 3. The summed E-state index contributed by atoms with van der Waals surface area (Å²) in [6, 6.07) is 10.8. The highest BCUT2D eigenvalue weighted by Crippen LogP contribution is 2.29. The lowest BCUT2D eigenvalue weighted by Gasteiger charge is -2.33. The van der Waals surface area contributed by atoms with Crippen LogP contribution < -0.4 is 5.32 Å². The third-order valence-corrected chi connectivity index (χ3v) is 4.89. The van der Waals surface area contributed by atoms with Crippen LogP contribution in [-0.4, -0.2) is 29.0 Å². The van der Waals surface area contributed by atoms with Crippen molar-refractivity contribution in [3.05, 3.63) is 95.1 Å². The Hall–Kier alpha value is -4.26. The molecule has 2 aliphatic rings. The molecule has 5 nitrogen and oxygen atoms in total. The standard InChI is InChI=1S/C23H13F5N4O/c24-16-6-7-17(18(25)10-16)15-5-8-20(23(26,27)28)31-32-21(9-15)30-19(11-22(32)33)14-3-1-13(12-29)2-4-14/h1-11,21,30H/b8-5-,15-9?,31-20+. The zero-order chi connectivity index (χ0) is 23.8. The molecule has 0 spiro atoms. The molecule has 4 rings (SSSR count). The number of alkyl halides is 3. The number of carbonyl (C=O) groups excluding carboxylic acids is 1. The summed E-state index contributed by atoms with van der Waals surface area (Å²) in [5.74, 6) is -2.67. The van der Waals surface area contributed by atoms with Gasteiger partial charge in [0.25, 0.3) is 5.91 Å². The van der Waals surface area contributed by atoms with Crippen molar-refractivity contribution >= 4 is 22.9 Å². The Labute approximate surface area is 184 Å². The van der Waals surface area contributed by atoms with Gasteiger partial charge in [-0.1, -0.05) is 18.2 Å². The molecule has 2 heterocycles. The van der Waals surface area contributed by atoms with Crippen LogP contribution in [0.3, 0.4) is 0 Å². The lowest BCUT2D eigenvalue weighted by atomic mass is 10.0. The third-order valence-electron chi connectivity index (χ3n) is 4.89. The Bertz CT molecular complexity index is 1280. The molecule has 0 fully saturated rings. The van der Waals surface area contributed by atoms with Crippen molar-refractivity contribution in [1.82, 2.24) is 10.3 Å². The highest BCUT2D eigenvalue weighted by atomic mass is 19.4. The second kappa shape index (κ2) is 8.35. The van der Waals surface area contributed by atoms with Crippen molar-refractivity contribution in [2.45, 2.75) is 12.3 Å². The van der Waals surface area contributed by atoms with Crippen molar-refractivity contribution in [2.24, 2.45) is 5.10 Å². The lowest BCUT2D eigenvalue weighted by molar-refractivity contribution is -0.128. The van der Waals surface area contributed by atoms with Crippen LogP contribution in [0.2, 0.25) is 0 Å². The Morgan fingerprint density at radius 3 is 2.42 bits per heavy atom. The van der Waals surface area contributed by atoms with E-state index in [-0.39, 0.29) is 16.8 Å². The second-order valence-corrected chi connectivity index (χ2v) is 7.08. The van der Waals surface area contributed by atoms with E-state index in [1.165, 1.54) is 18.2 Å². The Morgan fingerprint density at radius 1 is 1.06 bits per heavy atom. The van der Waals surface area contributed by atoms with Crippen LogP contribution in [0.5, 0.6) is 0 Å². The van der Waals surface area contributed by atoms with E-state index < -0.39 is 35.6 Å². The minimum atomic E-state index is -4.89. The van der Waals surface area contributed by atoms with Gasteiger partial charge in [0.15, 0.2) is 5.71 Å². The number of benzene rings is 2. The maximum absolute atomic E-state index is 14.4. The maximum Gasteiger partial charge on any atom is 0.435 e. The highest BCUT2D eigenvalue weighted by Gasteiger charge is 2.38. The monoisotopic (exact) mass is 456 g/mol. The molecular weight excluding hydrogens is 443 g/mol. The molecule has 2 aliphatic heterocycles. The van der Waals surface area contributed by atoms with Gasteiger partial charge < -0.3 is 5.32 Å². The molecule has 166 valence electrons. The number of nitrogens with zero attached hydrogens (tertiary/aromatic N) is 3. The predicted octanol–water partition coefficient (Wildman–Crippen LogP) is 4.51. The van der Waals surface area contributed by atoms with E-state index in [1.807, 2.05) is 6.07 Å². The number of amides is 1. The lowest BCUT2D eigenvalue weighted by Crippen LogP contribution is -2.48. The highest BCUT2D eigenvalue weighted by molar-refractivity contribution is 6.04. The van der Waals surface area contributed by atoms with Gasteiger partial charge in [0, 0.05) is 23.4 Å². The number of hydrogen-bond donors (Lipinski definition) is 1. The van der Waals surface area contributed by atoms with Crippen LogP contribution in [-0.2, 0) is 4.79 Å². The van der Waals surface area contributed by atoms with E-state index in [1.54, 1.807) is 12.1 Å². The van der Waals surface area contributed by atoms with Crippen molar-refractivity contribution in [2.75, 3.05) is 0 Å². The van der Waals surface area contributed by atoms with Crippen LogP contribution in [0.1, 0.15) is 16.7 Å². The van der Waals surface area contributed by atoms with Gasteiger partial charge in [-0.05, 0) is 47.6 Å². The number of rotatable bonds is 2. The fraction of sp³-hybridized carbons (Fsp3) is 0.0870. The van der Waals surface area contributed by atoms with Crippen LogP contribution in [0.4, 0.5) is 22.0 Å². The first-order valence-electron chi connectivity index (χ1n) is 9.49. The number of carbonyl (C=O) groups is 1. The van der Waals surface area contributed by atoms with Crippen molar-refractivity contribution < 1.29 is 26.7 Å². The van der Waals surface area contributed by atoms with Gasteiger partial charge >= 0.3 is 6.18 Å². The van der Waals surface area contributed by atoms with E-state index in [9.17, 15) is 26.7 Å². The zero-order valence-electron chi connectivity index (χ0n) is 16.6. The summed E-state index contributed by atoms with van der Waals surface area (Å²) < 4.78 is 68.2. The molecule has 0 radical (unpaired) electrons. The molecule has 2 aromatic carbocycles. The second-order valence-electron chi connectivity index (χ2n) is 7.08. The minimum Gasteiger partial charge on any atom is -0.360 e. The molecule has 0 aromatic heterocycles.